The van der Waals surface area contributed by atoms with Crippen LogP contribution in [0.1, 0.15) is 57.8 Å². The van der Waals surface area contributed by atoms with E-state index in [-0.39, 0.29) is 18.7 Å². The van der Waals surface area contributed by atoms with Crippen LogP contribution in [0.4, 0.5) is 0 Å². The third kappa shape index (κ3) is 5.89. The molecular formula is C30H38N6O6S. The summed E-state index contributed by atoms with van der Waals surface area (Å²) < 4.78 is 20.5. The maximum Gasteiger partial charge on any atom is 0.333 e. The molecule has 4 heterocycles. The fourth-order valence-corrected chi connectivity index (χ4v) is 6.62. The monoisotopic (exact) mass is 610 g/mol. The molecule has 0 aliphatic carbocycles. The third-order valence-corrected chi connectivity index (χ3v) is 8.96. The quantitative estimate of drug-likeness (QED) is 0.289. The molecule has 0 bridgehead atoms. The van der Waals surface area contributed by atoms with Gasteiger partial charge < -0.3 is 19.5 Å². The Morgan fingerprint density at radius 1 is 1.16 bits per heavy atom. The van der Waals surface area contributed by atoms with E-state index in [9.17, 15) is 14.4 Å². The summed E-state index contributed by atoms with van der Waals surface area (Å²) in [5, 5.41) is 12.3. The molecule has 0 unspecified atom stereocenters. The van der Waals surface area contributed by atoms with Crippen molar-refractivity contribution in [2.75, 3.05) is 20.3 Å². The number of amides is 1. The molecule has 1 atom stereocenters. The maximum absolute atomic E-state index is 14.5. The van der Waals surface area contributed by atoms with Gasteiger partial charge in [0.1, 0.15) is 27.2 Å². The Balaban J connectivity index is 1.75. The van der Waals surface area contributed by atoms with Crippen molar-refractivity contribution < 1.29 is 19.0 Å². The predicted octanol–water partition coefficient (Wildman–Crippen LogP) is 3.32. The Morgan fingerprint density at radius 2 is 1.84 bits per heavy atom. The van der Waals surface area contributed by atoms with Crippen LogP contribution in [0.25, 0.3) is 15.2 Å². The van der Waals surface area contributed by atoms with Crippen molar-refractivity contribution in [1.29, 1.82) is 0 Å². The Morgan fingerprint density at radius 3 is 2.49 bits per heavy atom. The molecule has 43 heavy (non-hydrogen) atoms. The van der Waals surface area contributed by atoms with E-state index in [4.69, 9.17) is 14.2 Å². The van der Waals surface area contributed by atoms with Crippen molar-refractivity contribution in [1.82, 2.24) is 29.4 Å². The molecular weight excluding hydrogens is 572 g/mol. The molecule has 1 amide bonds. The Kier molecular flexibility index (Phi) is 8.86. The molecule has 4 aromatic rings. The van der Waals surface area contributed by atoms with Crippen LogP contribution in [0, 0.1) is 6.92 Å². The minimum absolute atomic E-state index is 0.0706. The summed E-state index contributed by atoms with van der Waals surface area (Å²) in [6.45, 7) is 9.86. The average molecular weight is 611 g/mol. The van der Waals surface area contributed by atoms with Crippen molar-refractivity contribution in [2.24, 2.45) is 0 Å². The second kappa shape index (κ2) is 12.4. The topological polar surface area (TPSA) is 132 Å². The van der Waals surface area contributed by atoms with Gasteiger partial charge in [0.25, 0.3) is 5.56 Å². The Labute approximate surface area is 253 Å². The first-order chi connectivity index (χ1) is 20.5. The lowest BCUT2D eigenvalue weighted by Crippen LogP contribution is -2.56. The standard InChI is InChI=1S/C30H38N6O6S/c1-18(2)33-28(38)30(4,5)35-25(37)24-19(3)26(36-31-13-14-32-36)43-27(24)34(29(35)39)17-23(42-20-11-15-41-16-12-20)21-9-7-8-10-22(21)40-6/h7-10,13-14,18,20,23H,11-12,15-17H2,1-6H3,(H,33,38)/t23-/m0/s1. The first kappa shape index (κ1) is 30.6. The van der Waals surface area contributed by atoms with E-state index < -0.39 is 28.8 Å². The number of para-hydroxylation sites is 1. The highest BCUT2D eigenvalue weighted by Crippen LogP contribution is 2.35. The summed E-state index contributed by atoms with van der Waals surface area (Å²) >= 11 is 1.25. The van der Waals surface area contributed by atoms with Gasteiger partial charge in [0.15, 0.2) is 0 Å². The molecule has 0 radical (unpaired) electrons. The van der Waals surface area contributed by atoms with Gasteiger partial charge in [-0.25, -0.2) is 9.36 Å². The summed E-state index contributed by atoms with van der Waals surface area (Å²) in [5.41, 5.74) is -1.27. The number of hydrogen-bond donors (Lipinski definition) is 1. The number of aromatic nitrogens is 5. The Bertz CT molecular complexity index is 1720. The van der Waals surface area contributed by atoms with Gasteiger partial charge in [-0.1, -0.05) is 29.5 Å². The first-order valence-electron chi connectivity index (χ1n) is 14.4. The normalized spacial score (nSPS) is 15.2. The van der Waals surface area contributed by atoms with Crippen molar-refractivity contribution in [2.45, 2.75) is 77.8 Å². The lowest BCUT2D eigenvalue weighted by Gasteiger charge is -2.30. The van der Waals surface area contributed by atoms with Crippen molar-refractivity contribution >= 4 is 27.5 Å². The summed E-state index contributed by atoms with van der Waals surface area (Å²) in [5.74, 6) is 0.187. The molecule has 5 rings (SSSR count). The second-order valence-electron chi connectivity index (χ2n) is 11.4. The lowest BCUT2D eigenvalue weighted by atomic mass is 10.0. The highest BCUT2D eigenvalue weighted by molar-refractivity contribution is 7.21. The second-order valence-corrected chi connectivity index (χ2v) is 12.4. The van der Waals surface area contributed by atoms with Gasteiger partial charge >= 0.3 is 5.69 Å². The van der Waals surface area contributed by atoms with E-state index in [0.717, 1.165) is 10.1 Å². The third-order valence-electron chi connectivity index (χ3n) is 7.68. The van der Waals surface area contributed by atoms with Crippen LogP contribution in [0.2, 0.25) is 0 Å². The number of carbonyl (C=O) groups excluding carboxylic acids is 1. The number of ether oxygens (including phenoxy) is 3. The summed E-state index contributed by atoms with van der Waals surface area (Å²) in [6.07, 6.45) is 3.83. The minimum atomic E-state index is -1.49. The molecule has 230 valence electrons. The lowest BCUT2D eigenvalue weighted by molar-refractivity contribution is -0.129. The number of fused-ring (bicyclic) bond motifs is 1. The van der Waals surface area contributed by atoms with Crippen molar-refractivity contribution in [3.63, 3.8) is 0 Å². The highest BCUT2D eigenvalue weighted by atomic mass is 32.1. The molecule has 0 saturated carbocycles. The number of methoxy groups -OCH3 is 1. The molecule has 1 saturated heterocycles. The van der Waals surface area contributed by atoms with Crippen LogP contribution in [0.15, 0.2) is 46.2 Å². The molecule has 1 aliphatic rings. The van der Waals surface area contributed by atoms with Crippen LogP contribution in [-0.2, 0) is 26.4 Å². The van der Waals surface area contributed by atoms with Crippen LogP contribution in [0.3, 0.4) is 0 Å². The van der Waals surface area contributed by atoms with Crippen LogP contribution < -0.4 is 21.3 Å². The van der Waals surface area contributed by atoms with Gasteiger partial charge in [-0.15, -0.1) is 4.80 Å². The number of thiophene rings is 1. The molecule has 1 aliphatic heterocycles. The fourth-order valence-electron chi connectivity index (χ4n) is 5.40. The number of carbonyl (C=O) groups is 1. The van der Waals surface area contributed by atoms with Crippen LogP contribution >= 0.6 is 11.3 Å². The zero-order chi connectivity index (χ0) is 30.9. The molecule has 3 aromatic heterocycles. The highest BCUT2D eigenvalue weighted by Gasteiger charge is 2.36. The van der Waals surface area contributed by atoms with E-state index in [1.165, 1.54) is 16.1 Å². The van der Waals surface area contributed by atoms with E-state index in [2.05, 4.69) is 15.5 Å². The van der Waals surface area contributed by atoms with Gasteiger partial charge in [-0.05, 0) is 53.5 Å². The van der Waals surface area contributed by atoms with Crippen LogP contribution in [0.5, 0.6) is 5.75 Å². The fraction of sp³-hybridized carbons (Fsp3) is 0.500. The summed E-state index contributed by atoms with van der Waals surface area (Å²) in [4.78, 5) is 43.9. The average Bonchev–Trinajstić information content (AvgIpc) is 3.63. The smallest absolute Gasteiger partial charge is 0.333 e. The molecule has 1 fully saturated rings. The first-order valence-corrected chi connectivity index (χ1v) is 15.2. The number of nitrogens with one attached hydrogen (secondary N) is 1. The van der Waals surface area contributed by atoms with Gasteiger partial charge in [0.05, 0.1) is 37.5 Å². The van der Waals surface area contributed by atoms with Gasteiger partial charge in [-0.2, -0.15) is 10.2 Å². The number of hydrogen-bond acceptors (Lipinski definition) is 9. The SMILES string of the molecule is COc1ccccc1[C@H](Cn1c(=O)n(C(C)(C)C(=O)NC(C)C)c(=O)c2c(C)c(-n3nccn3)sc21)OC1CCOCC1. The maximum atomic E-state index is 14.5. The summed E-state index contributed by atoms with van der Waals surface area (Å²) in [6, 6.07) is 7.36. The molecule has 1 aromatic carbocycles. The number of rotatable bonds is 10. The molecule has 1 N–H and O–H groups in total. The van der Waals surface area contributed by atoms with Crippen LogP contribution in [-0.4, -0.2) is 62.5 Å². The van der Waals surface area contributed by atoms with Gasteiger partial charge in [-0.3, -0.25) is 14.2 Å². The number of aryl methyl sites for hydroxylation is 1. The predicted molar refractivity (Wildman–Crippen MR) is 163 cm³/mol. The molecule has 0 spiro atoms. The van der Waals surface area contributed by atoms with E-state index in [1.807, 2.05) is 38.1 Å². The molecule has 13 heteroatoms. The van der Waals surface area contributed by atoms with E-state index in [1.54, 1.807) is 44.8 Å². The van der Waals surface area contributed by atoms with Crippen molar-refractivity contribution in [3.8, 4) is 10.8 Å². The molecule has 12 nitrogen and oxygen atoms in total. The van der Waals surface area contributed by atoms with Gasteiger partial charge in [0, 0.05) is 30.4 Å². The van der Waals surface area contributed by atoms with E-state index >= 15 is 0 Å². The van der Waals surface area contributed by atoms with Crippen molar-refractivity contribution in [3.05, 3.63) is 68.6 Å². The number of benzene rings is 1. The largest absolute Gasteiger partial charge is 0.496 e. The summed E-state index contributed by atoms with van der Waals surface area (Å²) in [7, 11) is 1.59. The number of nitrogens with zero attached hydrogens (tertiary/aromatic N) is 5. The zero-order valence-electron chi connectivity index (χ0n) is 25.3. The van der Waals surface area contributed by atoms with Gasteiger partial charge in [0.2, 0.25) is 5.91 Å². The zero-order valence-corrected chi connectivity index (χ0v) is 26.1. The van der Waals surface area contributed by atoms with E-state index in [0.29, 0.717) is 52.6 Å². The minimum Gasteiger partial charge on any atom is -0.496 e. The Hall–Kier alpha value is -3.81.